The summed E-state index contributed by atoms with van der Waals surface area (Å²) >= 11 is 6.39. The van der Waals surface area contributed by atoms with Crippen molar-refractivity contribution in [2.24, 2.45) is 0 Å². The highest BCUT2D eigenvalue weighted by Crippen LogP contribution is 2.28. The first-order valence-corrected chi connectivity index (χ1v) is 9.89. The molecule has 0 spiro atoms. The Morgan fingerprint density at radius 3 is 2.71 bits per heavy atom. The molecule has 3 heterocycles. The average Bonchev–Trinajstić information content (AvgIpc) is 3.40. The van der Waals surface area contributed by atoms with Crippen molar-refractivity contribution >= 4 is 11.6 Å². The number of ether oxygens (including phenoxy) is 2. The van der Waals surface area contributed by atoms with Crippen LogP contribution >= 0.6 is 11.6 Å². The molecule has 0 unspecified atom stereocenters. The fourth-order valence-electron chi connectivity index (χ4n) is 3.20. The van der Waals surface area contributed by atoms with Crippen LogP contribution in [0.2, 0.25) is 5.02 Å². The number of rotatable bonds is 8. The maximum Gasteiger partial charge on any atom is 0.233 e. The fraction of sp³-hybridized carbons (Fsp3) is 0.333. The van der Waals surface area contributed by atoms with E-state index in [1.165, 1.54) is 25.9 Å². The van der Waals surface area contributed by atoms with Crippen LogP contribution in [0.3, 0.4) is 0 Å². The van der Waals surface area contributed by atoms with E-state index in [4.69, 9.17) is 21.1 Å². The van der Waals surface area contributed by atoms with E-state index in [1.54, 1.807) is 10.9 Å². The van der Waals surface area contributed by atoms with Crippen molar-refractivity contribution in [2.45, 2.75) is 19.4 Å². The Labute approximate surface area is 169 Å². The molecule has 0 aliphatic carbocycles. The lowest BCUT2D eigenvalue weighted by Gasteiger charge is -2.13. The van der Waals surface area contributed by atoms with Crippen LogP contribution in [0, 0.1) is 0 Å². The van der Waals surface area contributed by atoms with Crippen LogP contribution in [0.25, 0.3) is 5.69 Å². The Kier molecular flexibility index (Phi) is 6.09. The first-order valence-electron chi connectivity index (χ1n) is 9.51. The minimum Gasteiger partial charge on any atom is -0.486 e. The van der Waals surface area contributed by atoms with Gasteiger partial charge in [-0.2, -0.15) is 0 Å². The summed E-state index contributed by atoms with van der Waals surface area (Å²) in [6.45, 7) is 4.31. The normalized spacial score (nSPS) is 14.3. The van der Waals surface area contributed by atoms with Gasteiger partial charge in [0.25, 0.3) is 0 Å². The van der Waals surface area contributed by atoms with E-state index >= 15 is 0 Å². The molecule has 1 aliphatic heterocycles. The molecular weight excluding hydrogens is 376 g/mol. The van der Waals surface area contributed by atoms with Crippen LogP contribution in [0.15, 0.2) is 54.9 Å². The molecule has 1 aliphatic rings. The Balaban J connectivity index is 1.34. The van der Waals surface area contributed by atoms with Crippen molar-refractivity contribution in [3.8, 4) is 17.3 Å². The quantitative estimate of drug-likeness (QED) is 0.574. The van der Waals surface area contributed by atoms with Gasteiger partial charge in [-0.1, -0.05) is 17.7 Å². The molecule has 1 fully saturated rings. The molecule has 0 atom stereocenters. The summed E-state index contributed by atoms with van der Waals surface area (Å²) < 4.78 is 13.3. The standard InChI is InChI=1S/C21H23ClN4O2/c22-19-15-18(6-7-20(19)28-16-17-5-1-2-9-23-17)26-12-8-21(24-26)27-14-13-25-10-3-4-11-25/h1-2,5-9,12,15H,3-4,10-11,13-14,16H2. The molecule has 1 saturated heterocycles. The minimum atomic E-state index is 0.372. The molecular formula is C21H23ClN4O2. The lowest BCUT2D eigenvalue weighted by molar-refractivity contribution is 0.231. The first-order chi connectivity index (χ1) is 13.8. The van der Waals surface area contributed by atoms with E-state index in [9.17, 15) is 0 Å². The number of pyridine rings is 1. The first kappa shape index (κ1) is 18.8. The predicted molar refractivity (Wildman–Crippen MR) is 108 cm³/mol. The highest BCUT2D eigenvalue weighted by Gasteiger charge is 2.11. The maximum absolute atomic E-state index is 6.39. The van der Waals surface area contributed by atoms with Gasteiger partial charge < -0.3 is 9.47 Å². The van der Waals surface area contributed by atoms with Gasteiger partial charge in [0.1, 0.15) is 19.0 Å². The second-order valence-corrected chi connectivity index (χ2v) is 7.13. The number of likely N-dealkylation sites (tertiary alicyclic amines) is 1. The number of aromatic nitrogens is 3. The van der Waals surface area contributed by atoms with Gasteiger partial charge in [0.2, 0.25) is 5.88 Å². The molecule has 0 radical (unpaired) electrons. The van der Waals surface area contributed by atoms with Crippen LogP contribution in [0.5, 0.6) is 11.6 Å². The highest BCUT2D eigenvalue weighted by molar-refractivity contribution is 6.32. The van der Waals surface area contributed by atoms with Crippen molar-refractivity contribution in [3.05, 3.63) is 65.6 Å². The van der Waals surface area contributed by atoms with Gasteiger partial charge in [-0.15, -0.1) is 5.10 Å². The molecule has 1 aromatic carbocycles. The predicted octanol–water partition coefficient (Wildman–Crippen LogP) is 3.97. The van der Waals surface area contributed by atoms with Gasteiger partial charge >= 0.3 is 0 Å². The number of hydrogen-bond donors (Lipinski definition) is 0. The summed E-state index contributed by atoms with van der Waals surface area (Å²) in [5, 5.41) is 5.00. The highest BCUT2D eigenvalue weighted by atomic mass is 35.5. The van der Waals surface area contributed by atoms with E-state index in [1.807, 2.05) is 48.7 Å². The third kappa shape index (κ3) is 4.82. The summed E-state index contributed by atoms with van der Waals surface area (Å²) in [6.07, 6.45) is 6.19. The molecule has 28 heavy (non-hydrogen) atoms. The number of nitrogens with zero attached hydrogens (tertiary/aromatic N) is 4. The monoisotopic (exact) mass is 398 g/mol. The van der Waals surface area contributed by atoms with Gasteiger partial charge in [0, 0.05) is 25.0 Å². The van der Waals surface area contributed by atoms with E-state index in [0.717, 1.165) is 17.9 Å². The van der Waals surface area contributed by atoms with Gasteiger partial charge in [-0.3, -0.25) is 9.88 Å². The Hall–Kier alpha value is -2.57. The van der Waals surface area contributed by atoms with Crippen molar-refractivity contribution < 1.29 is 9.47 Å². The number of benzene rings is 1. The fourth-order valence-corrected chi connectivity index (χ4v) is 3.43. The van der Waals surface area contributed by atoms with Crippen LogP contribution < -0.4 is 9.47 Å². The second kappa shape index (κ2) is 9.08. The zero-order valence-electron chi connectivity index (χ0n) is 15.6. The third-order valence-electron chi connectivity index (χ3n) is 4.70. The minimum absolute atomic E-state index is 0.372. The molecule has 0 bridgehead atoms. The van der Waals surface area contributed by atoms with E-state index < -0.39 is 0 Å². The Bertz CT molecular complexity index is 894. The topological polar surface area (TPSA) is 52.4 Å². The molecule has 6 nitrogen and oxygen atoms in total. The van der Waals surface area contributed by atoms with Gasteiger partial charge in [-0.25, -0.2) is 4.68 Å². The summed E-state index contributed by atoms with van der Waals surface area (Å²) in [5.74, 6) is 1.23. The summed E-state index contributed by atoms with van der Waals surface area (Å²) in [4.78, 5) is 6.66. The Morgan fingerprint density at radius 1 is 1.04 bits per heavy atom. The van der Waals surface area contributed by atoms with E-state index in [0.29, 0.717) is 29.9 Å². The van der Waals surface area contributed by atoms with Crippen molar-refractivity contribution in [1.29, 1.82) is 0 Å². The van der Waals surface area contributed by atoms with Crippen molar-refractivity contribution in [2.75, 3.05) is 26.2 Å². The number of halogens is 1. The van der Waals surface area contributed by atoms with Gasteiger partial charge in [-0.05, 0) is 56.3 Å². The van der Waals surface area contributed by atoms with Crippen LogP contribution in [-0.4, -0.2) is 45.9 Å². The van der Waals surface area contributed by atoms with Crippen LogP contribution in [0.1, 0.15) is 18.5 Å². The summed E-state index contributed by atoms with van der Waals surface area (Å²) in [5.41, 5.74) is 1.70. The molecule has 0 saturated carbocycles. The number of hydrogen-bond acceptors (Lipinski definition) is 5. The Morgan fingerprint density at radius 2 is 1.93 bits per heavy atom. The SMILES string of the molecule is Clc1cc(-n2ccc(OCCN3CCCC3)n2)ccc1OCc1ccccn1. The largest absolute Gasteiger partial charge is 0.486 e. The molecule has 2 aromatic heterocycles. The zero-order valence-corrected chi connectivity index (χ0v) is 16.4. The maximum atomic E-state index is 6.39. The lowest BCUT2D eigenvalue weighted by atomic mass is 10.3. The summed E-state index contributed by atoms with van der Waals surface area (Å²) in [6, 6.07) is 13.2. The van der Waals surface area contributed by atoms with Gasteiger partial charge in [0.05, 0.1) is 16.4 Å². The molecule has 146 valence electrons. The molecule has 7 heteroatoms. The zero-order chi connectivity index (χ0) is 19.2. The smallest absolute Gasteiger partial charge is 0.233 e. The van der Waals surface area contributed by atoms with Crippen molar-refractivity contribution in [3.63, 3.8) is 0 Å². The second-order valence-electron chi connectivity index (χ2n) is 6.72. The average molecular weight is 399 g/mol. The van der Waals surface area contributed by atoms with E-state index in [-0.39, 0.29) is 0 Å². The van der Waals surface area contributed by atoms with Crippen molar-refractivity contribution in [1.82, 2.24) is 19.7 Å². The van der Waals surface area contributed by atoms with Gasteiger partial charge in [0.15, 0.2) is 0 Å². The summed E-state index contributed by atoms with van der Waals surface area (Å²) in [7, 11) is 0. The molecule has 4 rings (SSSR count). The van der Waals surface area contributed by atoms with Crippen LogP contribution in [-0.2, 0) is 6.61 Å². The molecule has 0 amide bonds. The molecule has 0 N–H and O–H groups in total. The third-order valence-corrected chi connectivity index (χ3v) is 5.00. The van der Waals surface area contributed by atoms with E-state index in [2.05, 4.69) is 15.0 Å². The molecule has 3 aromatic rings. The lowest BCUT2D eigenvalue weighted by Crippen LogP contribution is -2.25. The van der Waals surface area contributed by atoms with Crippen LogP contribution in [0.4, 0.5) is 0 Å².